The Labute approximate surface area is 93.9 Å². The topological polar surface area (TPSA) is 63.6 Å². The molecule has 1 rings (SSSR count). The molecule has 0 aromatic heterocycles. The fourth-order valence-corrected chi connectivity index (χ4v) is 0.970. The molecule has 0 aliphatic carbocycles. The van der Waals surface area contributed by atoms with Gasteiger partial charge in [-0.15, -0.1) is 0 Å². The smallest absolute Gasteiger partial charge is 0.316 e. The number of hydrogen-bond acceptors (Lipinski definition) is 4. The van der Waals surface area contributed by atoms with Crippen LogP contribution >= 0.6 is 0 Å². The van der Waals surface area contributed by atoms with Crippen LogP contribution in [0.5, 0.6) is 11.5 Å². The second-order valence-corrected chi connectivity index (χ2v) is 4.45. The number of para-hydroxylation sites is 1. The van der Waals surface area contributed by atoms with E-state index in [2.05, 4.69) is 0 Å². The molecule has 1 aromatic rings. The summed E-state index contributed by atoms with van der Waals surface area (Å²) in [6, 6.07) is 4.41. The van der Waals surface area contributed by atoms with Gasteiger partial charge in [0.1, 0.15) is 0 Å². The van der Waals surface area contributed by atoms with Crippen LogP contribution in [0.4, 0.5) is 0 Å². The second kappa shape index (κ2) is 4.35. The highest BCUT2D eigenvalue weighted by Crippen LogP contribution is 2.30. The van der Waals surface area contributed by atoms with Gasteiger partial charge in [0.2, 0.25) is 0 Å². The van der Waals surface area contributed by atoms with E-state index in [4.69, 9.17) is 4.74 Å². The molecule has 0 heterocycles. The van der Waals surface area contributed by atoms with E-state index in [0.29, 0.717) is 6.29 Å². The summed E-state index contributed by atoms with van der Waals surface area (Å²) in [6.45, 7) is 5.11. The molecule has 0 saturated heterocycles. The van der Waals surface area contributed by atoms with Gasteiger partial charge in [0.15, 0.2) is 17.8 Å². The monoisotopic (exact) mass is 222 g/mol. The van der Waals surface area contributed by atoms with E-state index >= 15 is 0 Å². The molecule has 4 nitrogen and oxygen atoms in total. The lowest BCUT2D eigenvalue weighted by molar-refractivity contribution is -0.143. The molecular weight excluding hydrogens is 208 g/mol. The molecule has 86 valence electrons. The van der Waals surface area contributed by atoms with E-state index < -0.39 is 11.4 Å². The Morgan fingerprint density at radius 2 is 2.00 bits per heavy atom. The van der Waals surface area contributed by atoms with E-state index in [1.807, 2.05) is 0 Å². The first-order valence-electron chi connectivity index (χ1n) is 4.85. The van der Waals surface area contributed by atoms with Crippen molar-refractivity contribution in [2.75, 3.05) is 0 Å². The van der Waals surface area contributed by atoms with E-state index in [0.717, 1.165) is 0 Å². The third-order valence-corrected chi connectivity index (χ3v) is 1.97. The van der Waals surface area contributed by atoms with Crippen molar-refractivity contribution in [3.05, 3.63) is 23.8 Å². The fraction of sp³-hybridized carbons (Fsp3) is 0.333. The Balaban J connectivity index is 2.99. The Hall–Kier alpha value is -1.84. The summed E-state index contributed by atoms with van der Waals surface area (Å²) in [5, 5.41) is 9.59. The van der Waals surface area contributed by atoms with Crippen molar-refractivity contribution in [3.8, 4) is 11.5 Å². The zero-order valence-corrected chi connectivity index (χ0v) is 9.48. The average Bonchev–Trinajstić information content (AvgIpc) is 2.19. The molecule has 0 fully saturated rings. The minimum absolute atomic E-state index is 0.00419. The van der Waals surface area contributed by atoms with E-state index in [9.17, 15) is 14.7 Å². The fourth-order valence-electron chi connectivity index (χ4n) is 0.970. The first-order valence-corrected chi connectivity index (χ1v) is 4.85. The predicted octanol–water partition coefficient (Wildman–Crippen LogP) is 2.16. The maximum Gasteiger partial charge on any atom is 0.316 e. The average molecular weight is 222 g/mol. The number of phenolic OH excluding ortho intramolecular Hbond substituents is 1. The van der Waals surface area contributed by atoms with Gasteiger partial charge >= 0.3 is 5.97 Å². The molecule has 0 amide bonds. The Morgan fingerprint density at radius 3 is 2.50 bits per heavy atom. The van der Waals surface area contributed by atoms with E-state index in [-0.39, 0.29) is 17.1 Å². The molecule has 16 heavy (non-hydrogen) atoms. The predicted molar refractivity (Wildman–Crippen MR) is 58.6 cm³/mol. The molecule has 1 N–H and O–H groups in total. The van der Waals surface area contributed by atoms with Crippen LogP contribution in [0.3, 0.4) is 0 Å². The molecule has 0 radical (unpaired) electrons. The molecule has 0 unspecified atom stereocenters. The molecule has 0 bridgehead atoms. The lowest BCUT2D eigenvalue weighted by atomic mass is 9.97. The summed E-state index contributed by atoms with van der Waals surface area (Å²) in [5.41, 5.74) is -0.567. The molecule has 0 atom stereocenters. The van der Waals surface area contributed by atoms with Crippen LogP contribution in [0.2, 0.25) is 0 Å². The van der Waals surface area contributed by atoms with Crippen LogP contribution in [-0.2, 0) is 4.79 Å². The molecular formula is C12H14O4. The summed E-state index contributed by atoms with van der Waals surface area (Å²) in [7, 11) is 0. The molecule has 1 aromatic carbocycles. The largest absolute Gasteiger partial charge is 0.504 e. The third-order valence-electron chi connectivity index (χ3n) is 1.97. The van der Waals surface area contributed by atoms with Crippen LogP contribution < -0.4 is 4.74 Å². The lowest BCUT2D eigenvalue weighted by Gasteiger charge is -2.16. The highest BCUT2D eigenvalue weighted by molar-refractivity contribution is 5.83. The highest BCUT2D eigenvalue weighted by atomic mass is 16.5. The summed E-state index contributed by atoms with van der Waals surface area (Å²) in [6.07, 6.45) is 0.504. The van der Waals surface area contributed by atoms with Crippen LogP contribution in [-0.4, -0.2) is 17.4 Å². The van der Waals surface area contributed by atoms with Crippen molar-refractivity contribution in [1.29, 1.82) is 0 Å². The minimum atomic E-state index is -0.663. The summed E-state index contributed by atoms with van der Waals surface area (Å²) in [4.78, 5) is 22.1. The summed E-state index contributed by atoms with van der Waals surface area (Å²) in [5.74, 6) is -0.773. The summed E-state index contributed by atoms with van der Waals surface area (Å²) < 4.78 is 5.00. The van der Waals surface area contributed by atoms with Gasteiger partial charge in [-0.1, -0.05) is 6.07 Å². The van der Waals surface area contributed by atoms with Gasteiger partial charge in [-0.3, -0.25) is 9.59 Å². The Kier molecular flexibility index (Phi) is 3.32. The first kappa shape index (κ1) is 12.2. The number of carbonyl (C=O) groups is 2. The van der Waals surface area contributed by atoms with Gasteiger partial charge in [-0.05, 0) is 32.9 Å². The number of esters is 1. The van der Waals surface area contributed by atoms with Crippen molar-refractivity contribution in [2.24, 2.45) is 5.41 Å². The van der Waals surface area contributed by atoms with Gasteiger partial charge in [-0.25, -0.2) is 0 Å². The van der Waals surface area contributed by atoms with Crippen molar-refractivity contribution in [3.63, 3.8) is 0 Å². The van der Waals surface area contributed by atoms with Gasteiger partial charge in [-0.2, -0.15) is 0 Å². The van der Waals surface area contributed by atoms with Crippen LogP contribution in [0, 0.1) is 5.41 Å². The van der Waals surface area contributed by atoms with Crippen molar-refractivity contribution < 1.29 is 19.4 Å². The number of rotatable bonds is 2. The van der Waals surface area contributed by atoms with Crippen molar-refractivity contribution >= 4 is 12.3 Å². The second-order valence-electron chi connectivity index (χ2n) is 4.45. The van der Waals surface area contributed by atoms with Gasteiger partial charge < -0.3 is 9.84 Å². The van der Waals surface area contributed by atoms with Gasteiger partial charge in [0.25, 0.3) is 0 Å². The SMILES string of the molecule is CC(C)(C)C(=O)Oc1cccc(C=O)c1O. The number of ether oxygens (including phenoxy) is 1. The number of aromatic hydroxyl groups is 1. The zero-order chi connectivity index (χ0) is 12.3. The van der Waals surface area contributed by atoms with Gasteiger partial charge in [0, 0.05) is 0 Å². The van der Waals surface area contributed by atoms with E-state index in [1.165, 1.54) is 18.2 Å². The normalized spacial score (nSPS) is 10.9. The standard InChI is InChI=1S/C12H14O4/c1-12(2,3)11(15)16-9-6-4-5-8(7-13)10(9)14/h4-7,14H,1-3H3. The number of aldehydes is 1. The lowest BCUT2D eigenvalue weighted by Crippen LogP contribution is -2.25. The maximum atomic E-state index is 11.6. The zero-order valence-electron chi connectivity index (χ0n) is 9.48. The van der Waals surface area contributed by atoms with Crippen LogP contribution in [0.25, 0.3) is 0 Å². The quantitative estimate of drug-likeness (QED) is 0.473. The minimum Gasteiger partial charge on any atom is -0.504 e. The first-order chi connectivity index (χ1) is 7.36. The maximum absolute atomic E-state index is 11.6. The number of phenols is 1. The van der Waals surface area contributed by atoms with Crippen molar-refractivity contribution in [1.82, 2.24) is 0 Å². The third kappa shape index (κ3) is 2.59. The van der Waals surface area contributed by atoms with Gasteiger partial charge in [0.05, 0.1) is 11.0 Å². The number of hydrogen-bond donors (Lipinski definition) is 1. The molecule has 0 aliphatic rings. The van der Waals surface area contributed by atoms with Crippen molar-refractivity contribution in [2.45, 2.75) is 20.8 Å². The summed E-state index contributed by atoms with van der Waals surface area (Å²) >= 11 is 0. The van der Waals surface area contributed by atoms with Crippen LogP contribution in [0.1, 0.15) is 31.1 Å². The molecule has 0 saturated carbocycles. The number of carbonyl (C=O) groups excluding carboxylic acids is 2. The highest BCUT2D eigenvalue weighted by Gasteiger charge is 2.25. The van der Waals surface area contributed by atoms with Crippen LogP contribution in [0.15, 0.2) is 18.2 Å². The molecule has 0 spiro atoms. The number of benzene rings is 1. The van der Waals surface area contributed by atoms with E-state index in [1.54, 1.807) is 20.8 Å². The Morgan fingerprint density at radius 1 is 1.38 bits per heavy atom. The Bertz CT molecular complexity index is 416. The molecule has 4 heteroatoms. The molecule has 0 aliphatic heterocycles.